The van der Waals surface area contributed by atoms with Gasteiger partial charge in [-0.1, -0.05) is 90.4 Å². The first kappa shape index (κ1) is 32.8. The van der Waals surface area contributed by atoms with E-state index in [9.17, 15) is 20.1 Å². The smallest absolute Gasteiger partial charge is 0.294 e. The van der Waals surface area contributed by atoms with Gasteiger partial charge in [0.2, 0.25) is 5.91 Å². The molecule has 0 aliphatic carbocycles. The van der Waals surface area contributed by atoms with Crippen molar-refractivity contribution in [1.82, 2.24) is 14.9 Å². The quantitative estimate of drug-likeness (QED) is 0.0952. The first-order valence-electron chi connectivity index (χ1n) is 15.2. The second-order valence-electron chi connectivity index (χ2n) is 10.6. The van der Waals surface area contributed by atoms with Gasteiger partial charge in [0.15, 0.2) is 0 Å². The van der Waals surface area contributed by atoms with Crippen LogP contribution in [0.1, 0.15) is 114 Å². The third-order valence-electron chi connectivity index (χ3n) is 7.57. The second kappa shape index (κ2) is 20.4. The fourth-order valence-electron chi connectivity index (χ4n) is 5.03. The Hall–Kier alpha value is -2.46. The third-order valence-corrected chi connectivity index (χ3v) is 7.57. The predicted octanol–water partition coefficient (Wildman–Crippen LogP) is 6.22. The lowest BCUT2D eigenvalue weighted by Gasteiger charge is -2.34. The molecule has 222 valence electrons. The summed E-state index contributed by atoms with van der Waals surface area (Å²) in [5, 5.41) is 22.2. The molecule has 10 nitrogen and oxygen atoms in total. The zero-order chi connectivity index (χ0) is 28.1. The molecule has 0 spiro atoms. The minimum Gasteiger partial charge on any atom is -0.756 e. The van der Waals surface area contributed by atoms with Crippen LogP contribution in [0.5, 0.6) is 0 Å². The van der Waals surface area contributed by atoms with Gasteiger partial charge in [0.1, 0.15) is 5.82 Å². The summed E-state index contributed by atoms with van der Waals surface area (Å²) < 4.78 is 0. The van der Waals surface area contributed by atoms with Crippen LogP contribution >= 0.6 is 0 Å². The number of aromatic nitrogens is 1. The first-order valence-corrected chi connectivity index (χ1v) is 15.2. The lowest BCUT2D eigenvalue weighted by atomic mass is 10.0. The normalized spacial score (nSPS) is 13.9. The Kier molecular flexibility index (Phi) is 17.2. The summed E-state index contributed by atoms with van der Waals surface area (Å²) in [6.45, 7) is 7.59. The van der Waals surface area contributed by atoms with Gasteiger partial charge in [-0.2, -0.15) is 0 Å². The van der Waals surface area contributed by atoms with Gasteiger partial charge in [0.25, 0.3) is 5.09 Å². The van der Waals surface area contributed by atoms with E-state index >= 15 is 0 Å². The Morgan fingerprint density at radius 2 is 1.38 bits per heavy atom. The third kappa shape index (κ3) is 14.5. The van der Waals surface area contributed by atoms with Crippen molar-refractivity contribution in [1.29, 1.82) is 0 Å². The predicted molar refractivity (Wildman–Crippen MR) is 155 cm³/mol. The van der Waals surface area contributed by atoms with E-state index in [-0.39, 0.29) is 13.2 Å². The van der Waals surface area contributed by atoms with Gasteiger partial charge in [-0.05, 0) is 31.5 Å². The average Bonchev–Trinajstić information content (AvgIpc) is 2.96. The fraction of sp³-hybridized carbons (Fsp3) is 0.793. The number of amides is 1. The zero-order valence-electron chi connectivity index (χ0n) is 24.1. The molecule has 2 rings (SSSR count). The summed E-state index contributed by atoms with van der Waals surface area (Å²) in [4.78, 5) is 35.9. The van der Waals surface area contributed by atoms with E-state index in [4.69, 9.17) is 0 Å². The van der Waals surface area contributed by atoms with Crippen molar-refractivity contribution in [2.45, 2.75) is 103 Å². The Labute approximate surface area is 234 Å². The molecule has 0 radical (unpaired) electrons. The van der Waals surface area contributed by atoms with E-state index < -0.39 is 11.0 Å². The standard InChI is InChI=1S/C29H50N5O5/c1-2-31-21-23-32(24-22-31)28-19-18-27(26-30-28)29(35)33(36)20-16-14-12-10-8-6-4-3-5-7-9-11-13-15-17-25-39-34(37)38/h18-19,26H,2-17,20-25H2,1H3/q-1. The number of unbranched alkanes of at least 4 members (excludes halogenated alkanes) is 14. The molecule has 0 unspecified atom stereocenters. The van der Waals surface area contributed by atoms with Crippen LogP contribution in [0, 0.1) is 15.3 Å². The molecule has 1 saturated heterocycles. The molecule has 0 atom stereocenters. The summed E-state index contributed by atoms with van der Waals surface area (Å²) in [6.07, 6.45) is 18.5. The van der Waals surface area contributed by atoms with Crippen molar-refractivity contribution in [3.63, 3.8) is 0 Å². The lowest BCUT2D eigenvalue weighted by molar-refractivity contribution is -0.757. The molecule has 1 aromatic rings. The van der Waals surface area contributed by atoms with Crippen LogP contribution in [0.25, 0.3) is 0 Å². The van der Waals surface area contributed by atoms with Crippen LogP contribution < -0.4 is 4.90 Å². The summed E-state index contributed by atoms with van der Waals surface area (Å²) in [6, 6.07) is 3.58. The van der Waals surface area contributed by atoms with Crippen molar-refractivity contribution in [3.05, 3.63) is 39.2 Å². The minimum atomic E-state index is -0.721. The number of pyridine rings is 1. The van der Waals surface area contributed by atoms with Crippen molar-refractivity contribution >= 4 is 11.7 Å². The number of anilines is 1. The topological polar surface area (TPSA) is 115 Å². The van der Waals surface area contributed by atoms with Crippen molar-refractivity contribution < 1.29 is 14.7 Å². The van der Waals surface area contributed by atoms with Crippen LogP contribution in [0.2, 0.25) is 0 Å². The number of hydrogen-bond donors (Lipinski definition) is 0. The largest absolute Gasteiger partial charge is 0.756 e. The van der Waals surface area contributed by atoms with Gasteiger partial charge in [-0.15, -0.1) is 10.1 Å². The van der Waals surface area contributed by atoms with Gasteiger partial charge >= 0.3 is 0 Å². The molecule has 0 bridgehead atoms. The molecule has 0 aromatic carbocycles. The number of carbonyl (C=O) groups is 1. The van der Waals surface area contributed by atoms with E-state index in [1.807, 2.05) is 6.07 Å². The van der Waals surface area contributed by atoms with E-state index in [0.29, 0.717) is 10.6 Å². The minimum absolute atomic E-state index is 0.217. The summed E-state index contributed by atoms with van der Waals surface area (Å²) in [5.74, 6) is 0.374. The number of hydroxylamine groups is 2. The highest BCUT2D eigenvalue weighted by atomic mass is 16.9. The maximum Gasteiger partial charge on any atom is 0.294 e. The van der Waals surface area contributed by atoms with Crippen LogP contribution in [0.3, 0.4) is 0 Å². The number of rotatable bonds is 22. The Balaban J connectivity index is 1.40. The first-order chi connectivity index (χ1) is 19.0. The Morgan fingerprint density at radius 1 is 0.872 bits per heavy atom. The van der Waals surface area contributed by atoms with Crippen molar-refractivity contribution in [2.24, 2.45) is 0 Å². The Bertz CT molecular complexity index is 787. The molecule has 1 aromatic heterocycles. The maximum absolute atomic E-state index is 12.5. The van der Waals surface area contributed by atoms with E-state index in [0.717, 1.165) is 77.1 Å². The van der Waals surface area contributed by atoms with Crippen molar-refractivity contribution in [2.75, 3.05) is 50.8 Å². The van der Waals surface area contributed by atoms with Crippen molar-refractivity contribution in [3.8, 4) is 0 Å². The fourth-order valence-corrected chi connectivity index (χ4v) is 5.03. The molecule has 1 fully saturated rings. The van der Waals surface area contributed by atoms with E-state index in [2.05, 4.69) is 26.5 Å². The molecule has 1 amide bonds. The summed E-state index contributed by atoms with van der Waals surface area (Å²) >= 11 is 0. The average molecular weight is 549 g/mol. The SMILES string of the molecule is CCN1CCN(c2ccc(C(=O)N([O-])CCCCCCCCCCCCCCCCCO[N+](=O)[O-])cn2)CC1. The number of carbonyl (C=O) groups excluding carboxylic acids is 1. The zero-order valence-corrected chi connectivity index (χ0v) is 24.1. The highest BCUT2D eigenvalue weighted by Crippen LogP contribution is 2.16. The molecule has 2 heterocycles. The molecular weight excluding hydrogens is 498 g/mol. The summed E-state index contributed by atoms with van der Waals surface area (Å²) in [5.41, 5.74) is 0.362. The highest BCUT2D eigenvalue weighted by molar-refractivity contribution is 5.94. The van der Waals surface area contributed by atoms with Crippen LogP contribution in [0.15, 0.2) is 18.3 Å². The highest BCUT2D eigenvalue weighted by Gasteiger charge is 2.17. The van der Waals surface area contributed by atoms with Gasteiger partial charge in [0, 0.05) is 38.9 Å². The molecule has 0 N–H and O–H groups in total. The van der Waals surface area contributed by atoms with Gasteiger partial charge < -0.3 is 24.9 Å². The summed E-state index contributed by atoms with van der Waals surface area (Å²) in [7, 11) is 0. The van der Waals surface area contributed by atoms with E-state index in [1.165, 1.54) is 64.0 Å². The second-order valence-corrected chi connectivity index (χ2v) is 10.6. The maximum atomic E-state index is 12.5. The van der Waals surface area contributed by atoms with Crippen LogP contribution in [-0.4, -0.2) is 71.8 Å². The lowest BCUT2D eigenvalue weighted by Crippen LogP contribution is -2.46. The van der Waals surface area contributed by atoms with Gasteiger partial charge in [0.05, 0.1) is 12.2 Å². The van der Waals surface area contributed by atoms with Gasteiger partial charge in [-0.3, -0.25) is 4.79 Å². The number of piperazine rings is 1. The molecule has 1 aliphatic rings. The molecule has 39 heavy (non-hydrogen) atoms. The number of hydrogen-bond acceptors (Lipinski definition) is 8. The number of nitrogens with zero attached hydrogens (tertiary/aromatic N) is 5. The van der Waals surface area contributed by atoms with Crippen LogP contribution in [0.4, 0.5) is 5.82 Å². The molecule has 0 saturated carbocycles. The van der Waals surface area contributed by atoms with E-state index in [1.54, 1.807) is 6.07 Å². The molecule has 10 heteroatoms. The molecular formula is C29H50N5O5-. The molecule has 1 aliphatic heterocycles. The monoisotopic (exact) mass is 548 g/mol. The van der Waals surface area contributed by atoms with Gasteiger partial charge in [-0.25, -0.2) is 4.98 Å². The Morgan fingerprint density at radius 3 is 1.85 bits per heavy atom. The van der Waals surface area contributed by atoms with Crippen LogP contribution in [-0.2, 0) is 4.84 Å². The number of likely N-dealkylation sites (N-methyl/N-ethyl adjacent to an activating group) is 1.